The molecule has 10 heteroatoms. The fourth-order valence-electron chi connectivity index (χ4n) is 3.59. The first-order valence-electron chi connectivity index (χ1n) is 11.8. The first kappa shape index (κ1) is 27.7. The van der Waals surface area contributed by atoms with E-state index in [0.717, 1.165) is 9.87 Å². The van der Waals surface area contributed by atoms with E-state index in [9.17, 15) is 13.2 Å². The summed E-state index contributed by atoms with van der Waals surface area (Å²) >= 11 is 0. The number of sulfonamides is 1. The Morgan fingerprint density at radius 1 is 0.838 bits per heavy atom. The molecule has 0 spiro atoms. The molecule has 1 amide bonds. The fourth-order valence-corrected chi connectivity index (χ4v) is 5.03. The van der Waals surface area contributed by atoms with Crippen molar-refractivity contribution in [3.63, 3.8) is 0 Å². The Morgan fingerprint density at radius 2 is 1.51 bits per heavy atom. The minimum atomic E-state index is -4.15. The Morgan fingerprint density at radius 3 is 2.16 bits per heavy atom. The Kier molecular flexibility index (Phi) is 9.62. The highest BCUT2D eigenvalue weighted by Crippen LogP contribution is 2.32. The van der Waals surface area contributed by atoms with Gasteiger partial charge in [-0.2, -0.15) is 0 Å². The second kappa shape index (κ2) is 12.9. The van der Waals surface area contributed by atoms with E-state index in [0.29, 0.717) is 36.1 Å². The molecule has 0 aliphatic carbocycles. The van der Waals surface area contributed by atoms with Gasteiger partial charge in [0.2, 0.25) is 5.91 Å². The van der Waals surface area contributed by atoms with Crippen molar-refractivity contribution in [1.82, 2.24) is 5.32 Å². The van der Waals surface area contributed by atoms with E-state index >= 15 is 0 Å². The normalized spacial score (nSPS) is 10.9. The van der Waals surface area contributed by atoms with E-state index in [-0.39, 0.29) is 17.2 Å². The minimum Gasteiger partial charge on any atom is -0.494 e. The second-order valence-corrected chi connectivity index (χ2v) is 9.67. The smallest absolute Gasteiger partial charge is 0.264 e. The van der Waals surface area contributed by atoms with Gasteiger partial charge in [-0.05, 0) is 67.9 Å². The van der Waals surface area contributed by atoms with Gasteiger partial charge in [-0.15, -0.1) is 0 Å². The first-order valence-corrected chi connectivity index (χ1v) is 13.2. The van der Waals surface area contributed by atoms with E-state index < -0.39 is 22.5 Å². The molecule has 9 nitrogen and oxygen atoms in total. The van der Waals surface area contributed by atoms with Crippen LogP contribution in [-0.2, 0) is 21.4 Å². The molecule has 0 aliphatic rings. The molecule has 0 aromatic heterocycles. The monoisotopic (exact) mass is 528 g/mol. The second-order valence-electron chi connectivity index (χ2n) is 7.81. The lowest BCUT2D eigenvalue weighted by molar-refractivity contribution is -0.119. The first-order chi connectivity index (χ1) is 17.8. The van der Waals surface area contributed by atoms with E-state index in [4.69, 9.17) is 18.9 Å². The largest absolute Gasteiger partial charge is 0.494 e. The molecule has 0 unspecified atom stereocenters. The van der Waals surface area contributed by atoms with Gasteiger partial charge in [0.15, 0.2) is 11.5 Å². The number of benzene rings is 3. The van der Waals surface area contributed by atoms with Gasteiger partial charge in [-0.3, -0.25) is 9.10 Å². The number of nitrogens with zero attached hydrogens (tertiary/aromatic N) is 1. The third-order valence-corrected chi connectivity index (χ3v) is 7.13. The summed E-state index contributed by atoms with van der Waals surface area (Å²) in [5.74, 6) is 1.46. The molecular weight excluding hydrogens is 496 g/mol. The van der Waals surface area contributed by atoms with Crippen LogP contribution in [0, 0.1) is 0 Å². The number of anilines is 1. The summed E-state index contributed by atoms with van der Waals surface area (Å²) in [7, 11) is -1.26. The zero-order chi connectivity index (χ0) is 26.8. The van der Waals surface area contributed by atoms with E-state index in [2.05, 4.69) is 5.32 Å². The Bertz CT molecular complexity index is 1290. The van der Waals surface area contributed by atoms with Crippen molar-refractivity contribution in [2.45, 2.75) is 25.3 Å². The van der Waals surface area contributed by atoms with Crippen molar-refractivity contribution >= 4 is 21.6 Å². The van der Waals surface area contributed by atoms with Gasteiger partial charge in [-0.1, -0.05) is 12.1 Å². The number of hydrogen-bond donors (Lipinski definition) is 1. The van der Waals surface area contributed by atoms with Crippen LogP contribution >= 0.6 is 0 Å². The van der Waals surface area contributed by atoms with Crippen LogP contribution < -0.4 is 28.6 Å². The zero-order valence-corrected chi connectivity index (χ0v) is 22.2. The van der Waals surface area contributed by atoms with Gasteiger partial charge in [0.25, 0.3) is 10.0 Å². The molecule has 0 saturated carbocycles. The van der Waals surface area contributed by atoms with Crippen LogP contribution in [0.4, 0.5) is 5.69 Å². The molecule has 3 aromatic carbocycles. The van der Waals surface area contributed by atoms with Crippen molar-refractivity contribution in [3.05, 3.63) is 72.3 Å². The van der Waals surface area contributed by atoms with Gasteiger partial charge in [0.05, 0.1) is 38.0 Å². The summed E-state index contributed by atoms with van der Waals surface area (Å²) in [6.07, 6.45) is 0. The SMILES string of the molecule is CCOc1ccc(N(CC(=O)NCc2cccc(OCC)c2)S(=O)(=O)c2ccc(OC)c(OC)c2)cc1. The van der Waals surface area contributed by atoms with Crippen LogP contribution in [0.3, 0.4) is 0 Å². The topological polar surface area (TPSA) is 103 Å². The van der Waals surface area contributed by atoms with Gasteiger partial charge >= 0.3 is 0 Å². The lowest BCUT2D eigenvalue weighted by Gasteiger charge is -2.25. The van der Waals surface area contributed by atoms with E-state index in [1.165, 1.54) is 32.4 Å². The third-order valence-electron chi connectivity index (χ3n) is 5.37. The molecule has 0 atom stereocenters. The molecule has 1 N–H and O–H groups in total. The average Bonchev–Trinajstić information content (AvgIpc) is 2.91. The fraction of sp³-hybridized carbons (Fsp3) is 0.296. The molecule has 0 bridgehead atoms. The quantitative estimate of drug-likeness (QED) is 0.358. The number of methoxy groups -OCH3 is 2. The van der Waals surface area contributed by atoms with Gasteiger partial charge in [-0.25, -0.2) is 8.42 Å². The van der Waals surface area contributed by atoms with Crippen molar-refractivity contribution in [1.29, 1.82) is 0 Å². The lowest BCUT2D eigenvalue weighted by atomic mass is 10.2. The summed E-state index contributed by atoms with van der Waals surface area (Å²) in [6.45, 7) is 4.53. The number of carbonyl (C=O) groups is 1. The summed E-state index contributed by atoms with van der Waals surface area (Å²) in [6, 6.07) is 18.2. The van der Waals surface area contributed by atoms with Crippen molar-refractivity contribution in [2.24, 2.45) is 0 Å². The predicted molar refractivity (Wildman–Crippen MR) is 141 cm³/mol. The Balaban J connectivity index is 1.89. The van der Waals surface area contributed by atoms with Gasteiger partial charge in [0.1, 0.15) is 18.0 Å². The summed E-state index contributed by atoms with van der Waals surface area (Å²) < 4.78 is 50.0. The molecular formula is C27H32N2O7S. The summed E-state index contributed by atoms with van der Waals surface area (Å²) in [4.78, 5) is 12.9. The van der Waals surface area contributed by atoms with Crippen molar-refractivity contribution in [2.75, 3.05) is 38.3 Å². The van der Waals surface area contributed by atoms with E-state index in [1.54, 1.807) is 24.3 Å². The highest BCUT2D eigenvalue weighted by atomic mass is 32.2. The summed E-state index contributed by atoms with van der Waals surface area (Å²) in [5.41, 5.74) is 1.14. The highest BCUT2D eigenvalue weighted by molar-refractivity contribution is 7.92. The molecule has 0 aliphatic heterocycles. The molecule has 0 radical (unpaired) electrons. The van der Waals surface area contributed by atoms with Crippen LogP contribution in [0.25, 0.3) is 0 Å². The molecule has 0 fully saturated rings. The molecule has 198 valence electrons. The van der Waals surface area contributed by atoms with Crippen molar-refractivity contribution in [3.8, 4) is 23.0 Å². The Labute approximate surface area is 218 Å². The predicted octanol–water partition coefficient (Wildman–Crippen LogP) is 4.01. The molecule has 3 aromatic rings. The maximum Gasteiger partial charge on any atom is 0.264 e. The number of carbonyl (C=O) groups excluding carboxylic acids is 1. The lowest BCUT2D eigenvalue weighted by Crippen LogP contribution is -2.40. The average molecular weight is 529 g/mol. The zero-order valence-electron chi connectivity index (χ0n) is 21.4. The molecule has 3 rings (SSSR count). The van der Waals surface area contributed by atoms with E-state index in [1.807, 2.05) is 38.1 Å². The minimum absolute atomic E-state index is 0.0451. The van der Waals surface area contributed by atoms with Crippen LogP contribution in [-0.4, -0.2) is 48.3 Å². The Hall–Kier alpha value is -3.92. The number of nitrogens with one attached hydrogen (secondary N) is 1. The maximum atomic E-state index is 13.7. The number of amides is 1. The van der Waals surface area contributed by atoms with Crippen LogP contribution in [0.2, 0.25) is 0 Å². The summed E-state index contributed by atoms with van der Waals surface area (Å²) in [5, 5.41) is 2.79. The number of ether oxygens (including phenoxy) is 4. The molecule has 0 saturated heterocycles. The van der Waals surface area contributed by atoms with Gasteiger partial charge < -0.3 is 24.3 Å². The number of hydrogen-bond acceptors (Lipinski definition) is 7. The third kappa shape index (κ3) is 7.07. The van der Waals surface area contributed by atoms with Crippen molar-refractivity contribution < 1.29 is 32.2 Å². The van der Waals surface area contributed by atoms with Gasteiger partial charge in [0, 0.05) is 12.6 Å². The molecule has 37 heavy (non-hydrogen) atoms. The highest BCUT2D eigenvalue weighted by Gasteiger charge is 2.28. The maximum absolute atomic E-state index is 13.7. The number of rotatable bonds is 13. The standard InChI is InChI=1S/C27H32N2O7S/c1-5-35-22-12-10-21(11-13-22)29(37(31,32)24-14-15-25(33-3)26(17-24)34-4)19-27(30)28-18-20-8-7-9-23(16-20)36-6-2/h7-17H,5-6,18-19H2,1-4H3,(H,28,30). The molecule has 0 heterocycles. The van der Waals surface area contributed by atoms with Crippen LogP contribution in [0.15, 0.2) is 71.6 Å². The van der Waals surface area contributed by atoms with Crippen LogP contribution in [0.5, 0.6) is 23.0 Å². The van der Waals surface area contributed by atoms with Crippen LogP contribution in [0.1, 0.15) is 19.4 Å².